The molecule has 0 aliphatic carbocycles. The lowest BCUT2D eigenvalue weighted by molar-refractivity contribution is 0.578. The summed E-state index contributed by atoms with van der Waals surface area (Å²) >= 11 is 0. The highest BCUT2D eigenvalue weighted by molar-refractivity contribution is 5.67. The van der Waals surface area contributed by atoms with Gasteiger partial charge in [0.25, 0.3) is 0 Å². The van der Waals surface area contributed by atoms with Gasteiger partial charge < -0.3 is 0 Å². The molecule has 1 heterocycles. The predicted octanol–water partition coefficient (Wildman–Crippen LogP) is 5.02. The van der Waals surface area contributed by atoms with Crippen LogP contribution in [0.2, 0.25) is 0 Å². The number of rotatable bonds is 3. The second-order valence-corrected chi connectivity index (χ2v) is 7.91. The molecule has 0 bridgehead atoms. The normalized spacial score (nSPS) is 12.8. The smallest absolute Gasteiger partial charge is 0.133 e. The average Bonchev–Trinajstić information content (AvgIpc) is 2.46. The van der Waals surface area contributed by atoms with Crippen molar-refractivity contribution in [1.82, 2.24) is 9.97 Å². The first kappa shape index (κ1) is 17.3. The van der Waals surface area contributed by atoms with Gasteiger partial charge in [-0.05, 0) is 34.1 Å². The van der Waals surface area contributed by atoms with Gasteiger partial charge in [0.2, 0.25) is 0 Å². The van der Waals surface area contributed by atoms with Gasteiger partial charge in [-0.15, -0.1) is 0 Å². The summed E-state index contributed by atoms with van der Waals surface area (Å²) in [5.74, 6) is 0.792. The Hall–Kier alpha value is -2.03. The molecule has 3 nitrogen and oxygen atoms in total. The molecule has 1 aromatic carbocycles. The third-order valence-electron chi connectivity index (χ3n) is 3.80. The van der Waals surface area contributed by atoms with Gasteiger partial charge >= 0.3 is 0 Å². The van der Waals surface area contributed by atoms with Crippen LogP contribution in [0.5, 0.6) is 0 Å². The van der Waals surface area contributed by atoms with Crippen LogP contribution in [0, 0.1) is 0 Å². The lowest BCUT2D eigenvalue weighted by atomic mass is 9.81. The van der Waals surface area contributed by atoms with Crippen LogP contribution in [-0.4, -0.2) is 16.2 Å². The molecule has 122 valence electrons. The minimum atomic E-state index is 0.0618. The van der Waals surface area contributed by atoms with E-state index in [-0.39, 0.29) is 10.8 Å². The Labute approximate surface area is 139 Å². The fourth-order valence-corrected chi connectivity index (χ4v) is 2.40. The molecule has 1 aromatic heterocycles. The Morgan fingerprint density at radius 3 is 2.17 bits per heavy atom. The van der Waals surface area contributed by atoms with E-state index in [0.29, 0.717) is 6.42 Å². The van der Waals surface area contributed by atoms with Crippen molar-refractivity contribution in [3.8, 4) is 0 Å². The summed E-state index contributed by atoms with van der Waals surface area (Å²) in [7, 11) is 0. The van der Waals surface area contributed by atoms with Crippen molar-refractivity contribution in [2.75, 3.05) is 0 Å². The van der Waals surface area contributed by atoms with Crippen molar-refractivity contribution in [1.29, 1.82) is 0 Å². The fourth-order valence-electron chi connectivity index (χ4n) is 2.40. The second-order valence-electron chi connectivity index (χ2n) is 7.91. The third-order valence-corrected chi connectivity index (χ3v) is 3.80. The standard InChI is InChI=1S/C20H27N3/c1-19(2,3)15-8-9-16(20(4,5)6)17(14-15)21-13-10-18-22-11-7-12-23-18/h7-9,11-14H,10H2,1-6H3. The molecule has 0 aliphatic heterocycles. The SMILES string of the molecule is CC(C)(C)c1ccc(C(C)(C)C)c(N=CCc2ncccn2)c1. The van der Waals surface area contributed by atoms with Crippen LogP contribution >= 0.6 is 0 Å². The van der Waals surface area contributed by atoms with Crippen LogP contribution < -0.4 is 0 Å². The number of aromatic nitrogens is 2. The monoisotopic (exact) mass is 309 g/mol. The van der Waals surface area contributed by atoms with E-state index in [1.807, 2.05) is 12.3 Å². The summed E-state index contributed by atoms with van der Waals surface area (Å²) in [6, 6.07) is 8.47. The average molecular weight is 309 g/mol. The topological polar surface area (TPSA) is 38.1 Å². The maximum atomic E-state index is 4.74. The van der Waals surface area contributed by atoms with Crippen molar-refractivity contribution < 1.29 is 0 Å². The number of hydrogen-bond acceptors (Lipinski definition) is 3. The zero-order valence-electron chi connectivity index (χ0n) is 15.1. The van der Waals surface area contributed by atoms with Crippen molar-refractivity contribution >= 4 is 11.9 Å². The molecule has 0 atom stereocenters. The van der Waals surface area contributed by atoms with Gasteiger partial charge in [0.1, 0.15) is 5.82 Å². The van der Waals surface area contributed by atoms with Gasteiger partial charge in [0, 0.05) is 25.0 Å². The minimum absolute atomic E-state index is 0.0618. The van der Waals surface area contributed by atoms with E-state index in [2.05, 4.69) is 69.7 Å². The molecule has 0 radical (unpaired) electrons. The first-order valence-corrected chi connectivity index (χ1v) is 8.11. The van der Waals surface area contributed by atoms with E-state index >= 15 is 0 Å². The fraction of sp³-hybridized carbons (Fsp3) is 0.450. The molecule has 2 rings (SSSR count). The van der Waals surface area contributed by atoms with E-state index in [4.69, 9.17) is 4.99 Å². The van der Waals surface area contributed by atoms with E-state index in [9.17, 15) is 0 Å². The van der Waals surface area contributed by atoms with Gasteiger partial charge in [-0.3, -0.25) is 4.99 Å². The van der Waals surface area contributed by atoms with Crippen LogP contribution in [0.15, 0.2) is 41.7 Å². The van der Waals surface area contributed by atoms with Gasteiger partial charge in [-0.1, -0.05) is 53.7 Å². The predicted molar refractivity (Wildman–Crippen MR) is 97.7 cm³/mol. The van der Waals surface area contributed by atoms with Gasteiger partial charge in [-0.2, -0.15) is 0 Å². The van der Waals surface area contributed by atoms with E-state index in [1.54, 1.807) is 12.4 Å². The van der Waals surface area contributed by atoms with E-state index < -0.39 is 0 Å². The molecule has 23 heavy (non-hydrogen) atoms. The Morgan fingerprint density at radius 1 is 0.957 bits per heavy atom. The summed E-state index contributed by atoms with van der Waals surface area (Å²) in [4.78, 5) is 13.2. The minimum Gasteiger partial charge on any atom is -0.260 e. The van der Waals surface area contributed by atoms with Crippen molar-refractivity contribution in [2.45, 2.75) is 58.8 Å². The van der Waals surface area contributed by atoms with Crippen LogP contribution in [0.1, 0.15) is 58.5 Å². The number of nitrogens with zero attached hydrogens (tertiary/aromatic N) is 3. The molecule has 0 spiro atoms. The maximum Gasteiger partial charge on any atom is 0.133 e. The van der Waals surface area contributed by atoms with Crippen LogP contribution in [0.4, 0.5) is 5.69 Å². The Balaban J connectivity index is 2.34. The first-order valence-electron chi connectivity index (χ1n) is 8.11. The Kier molecular flexibility index (Phi) is 4.98. The van der Waals surface area contributed by atoms with Crippen LogP contribution in [0.25, 0.3) is 0 Å². The van der Waals surface area contributed by atoms with Crippen molar-refractivity contribution in [3.05, 3.63) is 53.6 Å². The molecule has 0 amide bonds. The summed E-state index contributed by atoms with van der Waals surface area (Å²) in [5.41, 5.74) is 3.78. The van der Waals surface area contributed by atoms with Crippen molar-refractivity contribution in [3.63, 3.8) is 0 Å². The quantitative estimate of drug-likeness (QED) is 0.747. The first-order chi connectivity index (χ1) is 10.7. The number of aliphatic imine (C=N–C) groups is 1. The molecule has 2 aromatic rings. The molecule has 0 unspecified atom stereocenters. The maximum absolute atomic E-state index is 4.74. The zero-order chi connectivity index (χ0) is 17.1. The second kappa shape index (κ2) is 6.61. The highest BCUT2D eigenvalue weighted by Crippen LogP contribution is 2.35. The molecule has 0 aliphatic rings. The third kappa shape index (κ3) is 4.72. The van der Waals surface area contributed by atoms with E-state index in [0.717, 1.165) is 11.5 Å². The number of hydrogen-bond donors (Lipinski definition) is 0. The number of benzene rings is 1. The lowest BCUT2D eigenvalue weighted by Gasteiger charge is -2.25. The highest BCUT2D eigenvalue weighted by Gasteiger charge is 2.21. The molecule has 0 saturated heterocycles. The van der Waals surface area contributed by atoms with Crippen molar-refractivity contribution in [2.24, 2.45) is 4.99 Å². The summed E-state index contributed by atoms with van der Waals surface area (Å²) in [6.07, 6.45) is 6.07. The van der Waals surface area contributed by atoms with E-state index in [1.165, 1.54) is 11.1 Å². The van der Waals surface area contributed by atoms with Crippen LogP contribution in [0.3, 0.4) is 0 Å². The lowest BCUT2D eigenvalue weighted by Crippen LogP contribution is -2.15. The molecule has 0 saturated carbocycles. The largest absolute Gasteiger partial charge is 0.260 e. The summed E-state index contributed by atoms with van der Waals surface area (Å²) in [6.45, 7) is 13.3. The molecule has 0 fully saturated rings. The Morgan fingerprint density at radius 2 is 1.61 bits per heavy atom. The highest BCUT2D eigenvalue weighted by atomic mass is 14.9. The van der Waals surface area contributed by atoms with Gasteiger partial charge in [0.15, 0.2) is 0 Å². The van der Waals surface area contributed by atoms with Gasteiger partial charge in [0.05, 0.1) is 5.69 Å². The van der Waals surface area contributed by atoms with Gasteiger partial charge in [-0.25, -0.2) is 9.97 Å². The molecule has 0 N–H and O–H groups in total. The Bertz CT molecular complexity index is 674. The molecule has 3 heteroatoms. The zero-order valence-corrected chi connectivity index (χ0v) is 15.1. The van der Waals surface area contributed by atoms with Crippen LogP contribution in [-0.2, 0) is 17.3 Å². The summed E-state index contributed by atoms with van der Waals surface area (Å²) < 4.78 is 0. The summed E-state index contributed by atoms with van der Waals surface area (Å²) in [5, 5.41) is 0. The molecular weight excluding hydrogens is 282 g/mol. The molecular formula is C20H27N3.